The molecule has 1 heterocycles. The first kappa shape index (κ1) is 14.3. The van der Waals surface area contributed by atoms with Crippen molar-refractivity contribution in [2.45, 2.75) is 11.8 Å². The third-order valence-electron chi connectivity index (χ3n) is 3.55. The highest BCUT2D eigenvalue weighted by molar-refractivity contribution is 7.98. The van der Waals surface area contributed by atoms with Crippen LogP contribution >= 0.6 is 23.4 Å². The van der Waals surface area contributed by atoms with Crippen molar-refractivity contribution in [3.63, 3.8) is 0 Å². The number of hydrogen-bond donors (Lipinski definition) is 2. The molecule has 1 atom stereocenters. The Bertz CT molecular complexity index is 690. The van der Waals surface area contributed by atoms with Gasteiger partial charge in [-0.05, 0) is 29.3 Å². The number of amides is 1. The van der Waals surface area contributed by atoms with Crippen molar-refractivity contribution in [2.24, 2.45) is 5.73 Å². The fraction of sp³-hybridized carbons (Fsp3) is 0.188. The first-order valence-electron chi connectivity index (χ1n) is 6.66. The van der Waals surface area contributed by atoms with Crippen LogP contribution in [0.1, 0.15) is 27.5 Å². The van der Waals surface area contributed by atoms with Crippen LogP contribution < -0.4 is 11.1 Å². The quantitative estimate of drug-likeness (QED) is 0.904. The monoisotopic (exact) mass is 318 g/mol. The molecule has 0 radical (unpaired) electrons. The molecule has 0 saturated carbocycles. The molecule has 21 heavy (non-hydrogen) atoms. The molecule has 2 aromatic rings. The maximum absolute atomic E-state index is 11.4. The van der Waals surface area contributed by atoms with Crippen LogP contribution in [0.3, 0.4) is 0 Å². The zero-order valence-electron chi connectivity index (χ0n) is 11.3. The molecule has 0 spiro atoms. The van der Waals surface area contributed by atoms with Gasteiger partial charge in [-0.3, -0.25) is 4.79 Å². The fourth-order valence-corrected chi connectivity index (χ4v) is 3.82. The van der Waals surface area contributed by atoms with Crippen LogP contribution in [0.5, 0.6) is 0 Å². The Kier molecular flexibility index (Phi) is 4.08. The Morgan fingerprint density at radius 1 is 1.29 bits per heavy atom. The second-order valence-electron chi connectivity index (χ2n) is 4.97. The summed E-state index contributed by atoms with van der Waals surface area (Å²) in [5.74, 6) is 1.52. The van der Waals surface area contributed by atoms with Crippen molar-refractivity contribution in [3.8, 4) is 0 Å². The molecule has 3 nitrogen and oxygen atoms in total. The van der Waals surface area contributed by atoms with Crippen LogP contribution in [0.25, 0.3) is 0 Å². The molecule has 1 aliphatic heterocycles. The number of nitrogens with one attached hydrogen (secondary N) is 1. The van der Waals surface area contributed by atoms with Gasteiger partial charge in [0.05, 0.1) is 16.6 Å². The van der Waals surface area contributed by atoms with Crippen LogP contribution in [-0.2, 0) is 5.75 Å². The zero-order chi connectivity index (χ0) is 14.8. The smallest absolute Gasteiger partial charge is 0.250 e. The van der Waals surface area contributed by atoms with Gasteiger partial charge in [-0.15, -0.1) is 0 Å². The molecular weight excluding hydrogens is 304 g/mol. The van der Waals surface area contributed by atoms with Gasteiger partial charge < -0.3 is 11.1 Å². The van der Waals surface area contributed by atoms with E-state index >= 15 is 0 Å². The first-order valence-corrected chi connectivity index (χ1v) is 8.20. The van der Waals surface area contributed by atoms with Crippen molar-refractivity contribution in [2.75, 3.05) is 11.1 Å². The Morgan fingerprint density at radius 3 is 2.90 bits per heavy atom. The second kappa shape index (κ2) is 6.00. The molecule has 1 amide bonds. The largest absolute Gasteiger partial charge is 0.377 e. The highest BCUT2D eigenvalue weighted by atomic mass is 35.5. The number of thioether (sulfide) groups is 1. The number of anilines is 1. The Balaban J connectivity index is 1.88. The van der Waals surface area contributed by atoms with Crippen LogP contribution in [0.2, 0.25) is 5.02 Å². The molecule has 1 aliphatic rings. The second-order valence-corrected chi connectivity index (χ2v) is 6.41. The lowest BCUT2D eigenvalue weighted by Gasteiger charge is -2.27. The lowest BCUT2D eigenvalue weighted by Crippen LogP contribution is -2.19. The van der Waals surface area contributed by atoms with Gasteiger partial charge in [0.15, 0.2) is 0 Å². The number of fused-ring (bicyclic) bond motifs is 1. The van der Waals surface area contributed by atoms with Crippen LogP contribution in [-0.4, -0.2) is 11.7 Å². The number of primary amides is 1. The summed E-state index contributed by atoms with van der Waals surface area (Å²) in [4.78, 5) is 11.4. The lowest BCUT2D eigenvalue weighted by molar-refractivity contribution is 0.100. The minimum Gasteiger partial charge on any atom is -0.377 e. The molecule has 3 rings (SSSR count). The average Bonchev–Trinajstić information content (AvgIpc) is 2.49. The van der Waals surface area contributed by atoms with E-state index < -0.39 is 5.91 Å². The Labute approximate surface area is 132 Å². The number of benzene rings is 2. The summed E-state index contributed by atoms with van der Waals surface area (Å²) >= 11 is 7.88. The molecule has 5 heteroatoms. The van der Waals surface area contributed by atoms with Gasteiger partial charge in [-0.25, -0.2) is 0 Å². The van der Waals surface area contributed by atoms with Crippen LogP contribution in [0, 0.1) is 0 Å². The third kappa shape index (κ3) is 3.01. The summed E-state index contributed by atoms with van der Waals surface area (Å²) in [6, 6.07) is 13.9. The van der Waals surface area contributed by atoms with E-state index in [1.54, 1.807) is 12.1 Å². The van der Waals surface area contributed by atoms with E-state index in [0.29, 0.717) is 10.6 Å². The van der Waals surface area contributed by atoms with Gasteiger partial charge in [-0.1, -0.05) is 35.9 Å². The lowest BCUT2D eigenvalue weighted by atomic mass is 10.0. The molecule has 2 aromatic carbocycles. The average molecular weight is 319 g/mol. The molecule has 0 aliphatic carbocycles. The van der Waals surface area contributed by atoms with Crippen LogP contribution in [0.15, 0.2) is 42.5 Å². The third-order valence-corrected chi connectivity index (χ3v) is 4.96. The molecule has 0 fully saturated rings. The van der Waals surface area contributed by atoms with E-state index in [1.165, 1.54) is 11.1 Å². The van der Waals surface area contributed by atoms with Gasteiger partial charge >= 0.3 is 0 Å². The number of hydrogen-bond acceptors (Lipinski definition) is 3. The first-order chi connectivity index (χ1) is 10.1. The summed E-state index contributed by atoms with van der Waals surface area (Å²) in [6.07, 6.45) is 0. The van der Waals surface area contributed by atoms with Crippen molar-refractivity contribution in [3.05, 3.63) is 64.2 Å². The van der Waals surface area contributed by atoms with E-state index in [4.69, 9.17) is 17.3 Å². The van der Waals surface area contributed by atoms with E-state index in [-0.39, 0.29) is 6.04 Å². The van der Waals surface area contributed by atoms with Crippen LogP contribution in [0.4, 0.5) is 5.69 Å². The summed E-state index contributed by atoms with van der Waals surface area (Å²) in [7, 11) is 0. The van der Waals surface area contributed by atoms with Gasteiger partial charge in [0.1, 0.15) is 0 Å². The number of halogens is 1. The predicted octanol–water partition coefficient (Wildman–Crippen LogP) is 3.84. The number of rotatable bonds is 3. The van der Waals surface area contributed by atoms with Crippen molar-refractivity contribution < 1.29 is 4.79 Å². The summed E-state index contributed by atoms with van der Waals surface area (Å²) in [5, 5.41) is 3.85. The number of carbonyl (C=O) groups excluding carboxylic acids is 1. The molecule has 1 unspecified atom stereocenters. The zero-order valence-corrected chi connectivity index (χ0v) is 12.9. The highest BCUT2D eigenvalue weighted by Crippen LogP contribution is 2.34. The summed E-state index contributed by atoms with van der Waals surface area (Å²) in [6.45, 7) is 0. The van der Waals surface area contributed by atoms with E-state index in [9.17, 15) is 4.79 Å². The topological polar surface area (TPSA) is 55.1 Å². The molecule has 0 saturated heterocycles. The van der Waals surface area contributed by atoms with Gasteiger partial charge in [0.2, 0.25) is 5.91 Å². The van der Waals surface area contributed by atoms with Crippen molar-refractivity contribution in [1.82, 2.24) is 0 Å². The highest BCUT2D eigenvalue weighted by Gasteiger charge is 2.20. The maximum Gasteiger partial charge on any atom is 0.250 e. The molecule has 0 bridgehead atoms. The summed E-state index contributed by atoms with van der Waals surface area (Å²) < 4.78 is 0. The molecule has 3 N–H and O–H groups in total. The number of carbonyl (C=O) groups is 1. The van der Waals surface area contributed by atoms with E-state index in [0.717, 1.165) is 17.2 Å². The Morgan fingerprint density at radius 2 is 2.10 bits per heavy atom. The van der Waals surface area contributed by atoms with Crippen molar-refractivity contribution >= 4 is 35.0 Å². The number of nitrogens with two attached hydrogens (primary N) is 1. The molecular formula is C16H15ClN2OS. The normalized spacial score (nSPS) is 17.1. The van der Waals surface area contributed by atoms with Crippen molar-refractivity contribution in [1.29, 1.82) is 0 Å². The van der Waals surface area contributed by atoms with Gasteiger partial charge in [0, 0.05) is 17.2 Å². The predicted molar refractivity (Wildman–Crippen MR) is 88.9 cm³/mol. The SMILES string of the molecule is NC(=O)c1cc(NC2CSCc3ccccc32)ccc1Cl. The minimum absolute atomic E-state index is 0.224. The van der Waals surface area contributed by atoms with Gasteiger partial charge in [0.25, 0.3) is 0 Å². The van der Waals surface area contributed by atoms with E-state index in [1.807, 2.05) is 17.8 Å². The summed E-state index contributed by atoms with van der Waals surface area (Å²) in [5.41, 5.74) is 9.21. The standard InChI is InChI=1S/C16H15ClN2OS/c17-14-6-5-11(7-13(14)16(18)20)19-15-9-21-8-10-3-1-2-4-12(10)15/h1-7,15,19H,8-9H2,(H2,18,20). The molecule has 0 aromatic heterocycles. The molecule has 108 valence electrons. The fourth-order valence-electron chi connectivity index (χ4n) is 2.51. The minimum atomic E-state index is -0.512. The van der Waals surface area contributed by atoms with E-state index in [2.05, 4.69) is 29.6 Å². The van der Waals surface area contributed by atoms with Gasteiger partial charge in [-0.2, -0.15) is 11.8 Å². The maximum atomic E-state index is 11.4. The Hall–Kier alpha value is -1.65.